The van der Waals surface area contributed by atoms with Crippen LogP contribution in [0.2, 0.25) is 0 Å². The molecule has 2 aliphatic rings. The molecule has 0 spiro atoms. The summed E-state index contributed by atoms with van der Waals surface area (Å²) < 4.78 is 25.9. The van der Waals surface area contributed by atoms with Crippen LogP contribution in [0.15, 0.2) is 24.4 Å². The second-order valence-electron chi connectivity index (χ2n) is 6.43. The number of piperidine rings is 1. The van der Waals surface area contributed by atoms with Crippen LogP contribution in [-0.4, -0.2) is 42.5 Å². The molecular formula is C16H22N2O3S2. The largest absolute Gasteiger partial charge is 0.361 e. The van der Waals surface area contributed by atoms with Crippen LogP contribution in [0, 0.1) is 5.92 Å². The van der Waals surface area contributed by atoms with Gasteiger partial charge in [0.25, 0.3) is 10.1 Å². The highest BCUT2D eigenvalue weighted by molar-refractivity contribution is 7.85. The Morgan fingerprint density at radius 2 is 2.13 bits per heavy atom. The van der Waals surface area contributed by atoms with Crippen LogP contribution in [0.5, 0.6) is 0 Å². The first-order valence-electron chi connectivity index (χ1n) is 7.72. The monoisotopic (exact) mass is 354 g/mol. The van der Waals surface area contributed by atoms with Gasteiger partial charge in [0.05, 0.1) is 6.26 Å². The van der Waals surface area contributed by atoms with Gasteiger partial charge in [0.1, 0.15) is 0 Å². The van der Waals surface area contributed by atoms with Crippen LogP contribution in [0.4, 0.5) is 0 Å². The summed E-state index contributed by atoms with van der Waals surface area (Å²) in [6.07, 6.45) is 5.36. The van der Waals surface area contributed by atoms with E-state index in [1.165, 1.54) is 29.3 Å². The van der Waals surface area contributed by atoms with E-state index in [4.69, 9.17) is 4.55 Å². The zero-order chi connectivity index (χ0) is 16.6. The molecule has 2 aromatic rings. The molecule has 3 atom stereocenters. The number of H-pyrrole nitrogens is 1. The van der Waals surface area contributed by atoms with E-state index in [0.29, 0.717) is 24.1 Å². The van der Waals surface area contributed by atoms with Crippen molar-refractivity contribution in [3.8, 4) is 0 Å². The van der Waals surface area contributed by atoms with Gasteiger partial charge in [-0.05, 0) is 48.3 Å². The van der Waals surface area contributed by atoms with Crippen LogP contribution in [0.3, 0.4) is 0 Å². The maximum atomic E-state index is 9.19. The van der Waals surface area contributed by atoms with Gasteiger partial charge in [0.15, 0.2) is 0 Å². The minimum absolute atomic E-state index is 0.620. The maximum absolute atomic E-state index is 9.19. The molecule has 0 saturated carbocycles. The van der Waals surface area contributed by atoms with Gasteiger partial charge in [-0.1, -0.05) is 12.1 Å². The number of thiol groups is 1. The van der Waals surface area contributed by atoms with Crippen molar-refractivity contribution in [1.82, 2.24) is 10.3 Å². The van der Waals surface area contributed by atoms with Gasteiger partial charge in [0, 0.05) is 29.1 Å². The summed E-state index contributed by atoms with van der Waals surface area (Å²) in [4.78, 5) is 3.41. The molecule has 1 aliphatic carbocycles. The Morgan fingerprint density at radius 1 is 1.39 bits per heavy atom. The summed E-state index contributed by atoms with van der Waals surface area (Å²) in [5, 5.41) is 5.22. The van der Waals surface area contributed by atoms with Crippen molar-refractivity contribution in [3.05, 3.63) is 35.5 Å². The average molecular weight is 354 g/mol. The van der Waals surface area contributed by atoms with Gasteiger partial charge in [-0.2, -0.15) is 21.0 Å². The molecule has 1 aromatic heterocycles. The van der Waals surface area contributed by atoms with Gasteiger partial charge in [-0.25, -0.2) is 0 Å². The molecule has 7 heteroatoms. The Hall–Kier alpha value is -1.02. The van der Waals surface area contributed by atoms with Crippen LogP contribution in [0.1, 0.15) is 23.5 Å². The van der Waals surface area contributed by atoms with E-state index >= 15 is 0 Å². The first-order chi connectivity index (χ1) is 10.9. The lowest BCUT2D eigenvalue weighted by atomic mass is 9.73. The van der Waals surface area contributed by atoms with Crippen molar-refractivity contribution in [2.24, 2.45) is 5.92 Å². The number of benzene rings is 1. The summed E-state index contributed by atoms with van der Waals surface area (Å²) in [5.41, 5.74) is 4.33. The first kappa shape index (κ1) is 16.8. The highest BCUT2D eigenvalue weighted by Gasteiger charge is 2.35. The third-order valence-corrected chi connectivity index (χ3v) is 5.18. The summed E-state index contributed by atoms with van der Waals surface area (Å²) in [5.74, 6) is 2.37. The average Bonchev–Trinajstić information content (AvgIpc) is 2.90. The summed E-state index contributed by atoms with van der Waals surface area (Å²) >= 11 is 4.48. The van der Waals surface area contributed by atoms with Gasteiger partial charge < -0.3 is 10.3 Å². The fraction of sp³-hybridized carbons (Fsp3) is 0.500. The van der Waals surface area contributed by atoms with Gasteiger partial charge >= 0.3 is 0 Å². The van der Waals surface area contributed by atoms with E-state index < -0.39 is 10.1 Å². The van der Waals surface area contributed by atoms with Crippen molar-refractivity contribution in [2.45, 2.75) is 24.8 Å². The fourth-order valence-corrected chi connectivity index (χ4v) is 4.04. The SMILES string of the molecule is CS(=O)(=O)O.SCC1CN[C@@H]2Cc3c[nH]c4cccc(c34)[C@H]2C1. The second-order valence-corrected chi connectivity index (χ2v) is 8.26. The third-order valence-electron chi connectivity index (χ3n) is 4.66. The zero-order valence-corrected chi connectivity index (χ0v) is 14.7. The standard InChI is InChI=1S/C15H18N2S.CH4O3S/c18-8-9-4-12-11-2-1-3-13-15(11)10(7-17-13)5-14(12)16-6-9;1-5(2,3)4/h1-3,7,9,12,14,16-18H,4-6,8H2;1H3,(H,2,3,4)/t9?,12-,14-;/m1./s1. The molecular weight excluding hydrogens is 332 g/mol. The van der Waals surface area contributed by atoms with Crippen molar-refractivity contribution < 1.29 is 13.0 Å². The van der Waals surface area contributed by atoms with Crippen molar-refractivity contribution in [2.75, 3.05) is 18.6 Å². The summed E-state index contributed by atoms with van der Waals surface area (Å²) in [7, 11) is -3.67. The minimum Gasteiger partial charge on any atom is -0.361 e. The van der Waals surface area contributed by atoms with Crippen LogP contribution < -0.4 is 5.32 Å². The molecule has 1 aromatic carbocycles. The lowest BCUT2D eigenvalue weighted by molar-refractivity contribution is 0.286. The van der Waals surface area contributed by atoms with Crippen molar-refractivity contribution in [1.29, 1.82) is 0 Å². The maximum Gasteiger partial charge on any atom is 0.261 e. The molecule has 126 valence electrons. The molecule has 1 saturated heterocycles. The van der Waals surface area contributed by atoms with Crippen LogP contribution in [0.25, 0.3) is 10.9 Å². The highest BCUT2D eigenvalue weighted by Crippen LogP contribution is 2.41. The Labute approximate surface area is 142 Å². The Bertz CT molecular complexity index is 793. The lowest BCUT2D eigenvalue weighted by Crippen LogP contribution is -2.47. The molecule has 0 amide bonds. The number of aromatic amines is 1. The van der Waals surface area contributed by atoms with Gasteiger partial charge in [0.2, 0.25) is 0 Å². The normalized spacial score (nSPS) is 26.3. The summed E-state index contributed by atoms with van der Waals surface area (Å²) in [6.45, 7) is 1.13. The lowest BCUT2D eigenvalue weighted by Gasteiger charge is -2.40. The molecule has 4 rings (SSSR count). The molecule has 1 fully saturated rings. The second kappa shape index (κ2) is 6.47. The molecule has 0 radical (unpaired) electrons. The van der Waals surface area contributed by atoms with E-state index in [2.05, 4.69) is 47.3 Å². The molecule has 23 heavy (non-hydrogen) atoms. The number of rotatable bonds is 1. The van der Waals surface area contributed by atoms with E-state index in [1.807, 2.05) is 0 Å². The van der Waals surface area contributed by atoms with Gasteiger partial charge in [-0.15, -0.1) is 0 Å². The molecule has 1 aliphatic heterocycles. The number of hydrogen-bond acceptors (Lipinski definition) is 4. The van der Waals surface area contributed by atoms with E-state index in [1.54, 1.807) is 5.56 Å². The molecule has 5 nitrogen and oxygen atoms in total. The third kappa shape index (κ3) is 3.74. The van der Waals surface area contributed by atoms with E-state index in [0.717, 1.165) is 12.3 Å². The van der Waals surface area contributed by atoms with E-state index in [9.17, 15) is 8.42 Å². The molecule has 1 unspecified atom stereocenters. The molecule has 0 bridgehead atoms. The smallest absolute Gasteiger partial charge is 0.261 e. The summed E-state index contributed by atoms with van der Waals surface area (Å²) in [6, 6.07) is 7.31. The van der Waals surface area contributed by atoms with Crippen molar-refractivity contribution >= 4 is 33.6 Å². The fourth-order valence-electron chi connectivity index (χ4n) is 3.76. The quantitative estimate of drug-likeness (QED) is 0.467. The van der Waals surface area contributed by atoms with Gasteiger partial charge in [-0.3, -0.25) is 4.55 Å². The van der Waals surface area contributed by atoms with E-state index in [-0.39, 0.29) is 0 Å². The van der Waals surface area contributed by atoms with Crippen LogP contribution in [-0.2, 0) is 16.5 Å². The number of aromatic nitrogens is 1. The highest BCUT2D eigenvalue weighted by atomic mass is 32.2. The number of fused-ring (bicyclic) bond motifs is 2. The number of hydrogen-bond donors (Lipinski definition) is 4. The minimum atomic E-state index is -3.67. The topological polar surface area (TPSA) is 82.2 Å². The Morgan fingerprint density at radius 3 is 2.83 bits per heavy atom. The Kier molecular flexibility index (Phi) is 4.73. The zero-order valence-electron chi connectivity index (χ0n) is 13.0. The molecule has 2 heterocycles. The Balaban J connectivity index is 0.000000276. The van der Waals surface area contributed by atoms with Crippen LogP contribution >= 0.6 is 12.6 Å². The first-order valence-corrected chi connectivity index (χ1v) is 10.2. The number of nitrogens with one attached hydrogen (secondary N) is 2. The van der Waals surface area contributed by atoms with Crippen molar-refractivity contribution in [3.63, 3.8) is 0 Å². The predicted octanol–water partition coefficient (Wildman–Crippen LogP) is 2.22. The predicted molar refractivity (Wildman–Crippen MR) is 96.0 cm³/mol. The molecule has 3 N–H and O–H groups in total.